The minimum absolute atomic E-state index is 0.0591. The summed E-state index contributed by atoms with van der Waals surface area (Å²) in [6.07, 6.45) is 1.46. The summed E-state index contributed by atoms with van der Waals surface area (Å²) in [5.41, 5.74) is 2.27. The van der Waals surface area contributed by atoms with Gasteiger partial charge in [-0.05, 0) is 19.4 Å². The third-order valence-corrected chi connectivity index (χ3v) is 3.30. The van der Waals surface area contributed by atoms with Crippen molar-refractivity contribution in [3.63, 3.8) is 0 Å². The Morgan fingerprint density at radius 1 is 1.33 bits per heavy atom. The lowest BCUT2D eigenvalue weighted by molar-refractivity contribution is 0.0434. The molecule has 0 saturated heterocycles. The van der Waals surface area contributed by atoms with E-state index in [2.05, 4.69) is 5.10 Å². The maximum atomic E-state index is 11.9. The van der Waals surface area contributed by atoms with Crippen LogP contribution in [0.1, 0.15) is 41.6 Å². The molecule has 0 saturated carbocycles. The molecule has 0 amide bonds. The summed E-state index contributed by atoms with van der Waals surface area (Å²) in [7, 11) is 1.79. The molecule has 0 spiro atoms. The Kier molecular flexibility index (Phi) is 5.11. The highest BCUT2D eigenvalue weighted by Gasteiger charge is 2.18. The quantitative estimate of drug-likeness (QED) is 0.767. The Morgan fingerprint density at radius 3 is 2.71 bits per heavy atom. The first-order valence-electron chi connectivity index (χ1n) is 6.98. The Balaban J connectivity index is 2.06. The van der Waals surface area contributed by atoms with Crippen LogP contribution in [0, 0.1) is 0 Å². The molecule has 1 unspecified atom stereocenters. The number of rotatable bonds is 6. The first-order valence-corrected chi connectivity index (χ1v) is 6.98. The molecule has 112 valence electrons. The highest BCUT2D eigenvalue weighted by Crippen LogP contribution is 2.19. The molecule has 0 aliphatic rings. The lowest BCUT2D eigenvalue weighted by atomic mass is 10.1. The fourth-order valence-corrected chi connectivity index (χ4v) is 2.04. The van der Waals surface area contributed by atoms with Crippen molar-refractivity contribution in [1.82, 2.24) is 9.78 Å². The zero-order valence-electron chi connectivity index (χ0n) is 12.6. The van der Waals surface area contributed by atoms with Gasteiger partial charge in [0.25, 0.3) is 0 Å². The summed E-state index contributed by atoms with van der Waals surface area (Å²) >= 11 is 0. The van der Waals surface area contributed by atoms with Gasteiger partial charge in [0.15, 0.2) is 0 Å². The molecule has 1 atom stereocenters. The van der Waals surface area contributed by atoms with Gasteiger partial charge in [-0.25, -0.2) is 4.79 Å². The summed E-state index contributed by atoms with van der Waals surface area (Å²) in [5.74, 6) is -0.364. The fourth-order valence-electron chi connectivity index (χ4n) is 2.04. The monoisotopic (exact) mass is 288 g/mol. The Labute approximate surface area is 124 Å². The van der Waals surface area contributed by atoms with Gasteiger partial charge in [-0.3, -0.25) is 4.68 Å². The molecule has 1 aromatic carbocycles. The van der Waals surface area contributed by atoms with Crippen LogP contribution in [0.3, 0.4) is 0 Å². The number of esters is 1. The molecule has 0 fully saturated rings. The SMILES string of the molecule is CCOC(=O)c1cnn(C)c1COC(C)c1ccccc1. The normalized spacial score (nSPS) is 12.1. The van der Waals surface area contributed by atoms with E-state index in [1.54, 1.807) is 18.7 Å². The van der Waals surface area contributed by atoms with Crippen LogP contribution in [0.15, 0.2) is 36.5 Å². The predicted molar refractivity (Wildman–Crippen MR) is 78.8 cm³/mol. The van der Waals surface area contributed by atoms with Crippen LogP contribution in [0.4, 0.5) is 0 Å². The molecular formula is C16H20N2O3. The van der Waals surface area contributed by atoms with Gasteiger partial charge in [0.05, 0.1) is 31.2 Å². The molecule has 0 N–H and O–H groups in total. The van der Waals surface area contributed by atoms with Crippen molar-refractivity contribution in [2.24, 2.45) is 7.05 Å². The van der Waals surface area contributed by atoms with Crippen LogP contribution in [0.5, 0.6) is 0 Å². The average Bonchev–Trinajstić information content (AvgIpc) is 2.87. The van der Waals surface area contributed by atoms with Crippen LogP contribution in [0.2, 0.25) is 0 Å². The largest absolute Gasteiger partial charge is 0.462 e. The van der Waals surface area contributed by atoms with E-state index in [0.29, 0.717) is 18.8 Å². The summed E-state index contributed by atoms with van der Waals surface area (Å²) in [6, 6.07) is 9.95. The first kappa shape index (κ1) is 15.3. The molecule has 1 aromatic heterocycles. The maximum Gasteiger partial charge on any atom is 0.341 e. The molecule has 0 aliphatic carbocycles. The highest BCUT2D eigenvalue weighted by atomic mass is 16.5. The van der Waals surface area contributed by atoms with Gasteiger partial charge in [0.2, 0.25) is 0 Å². The molecule has 2 rings (SSSR count). The summed E-state index contributed by atoms with van der Waals surface area (Å²) < 4.78 is 12.5. The Hall–Kier alpha value is -2.14. The number of carbonyl (C=O) groups is 1. The molecule has 21 heavy (non-hydrogen) atoms. The smallest absolute Gasteiger partial charge is 0.341 e. The Bertz CT molecular complexity index is 593. The van der Waals surface area contributed by atoms with Crippen molar-refractivity contribution in [2.45, 2.75) is 26.6 Å². The first-order chi connectivity index (χ1) is 10.1. The summed E-state index contributed by atoms with van der Waals surface area (Å²) in [5, 5.41) is 4.11. The van der Waals surface area contributed by atoms with Crippen molar-refractivity contribution in [3.05, 3.63) is 53.3 Å². The Morgan fingerprint density at radius 2 is 2.05 bits per heavy atom. The second kappa shape index (κ2) is 7.04. The third kappa shape index (κ3) is 3.70. The lowest BCUT2D eigenvalue weighted by Gasteiger charge is -2.14. The molecule has 2 aromatic rings. The van der Waals surface area contributed by atoms with E-state index < -0.39 is 0 Å². The van der Waals surface area contributed by atoms with E-state index >= 15 is 0 Å². The standard InChI is InChI=1S/C16H20N2O3/c1-4-20-16(19)14-10-17-18(3)15(14)11-21-12(2)13-8-6-5-7-9-13/h5-10,12H,4,11H2,1-3H3. The van der Waals surface area contributed by atoms with E-state index in [9.17, 15) is 4.79 Å². The lowest BCUT2D eigenvalue weighted by Crippen LogP contribution is -2.11. The van der Waals surface area contributed by atoms with Gasteiger partial charge in [-0.1, -0.05) is 30.3 Å². The molecule has 5 nitrogen and oxygen atoms in total. The summed E-state index contributed by atoms with van der Waals surface area (Å²) in [6.45, 7) is 4.41. The summed E-state index contributed by atoms with van der Waals surface area (Å²) in [4.78, 5) is 11.9. The predicted octanol–water partition coefficient (Wildman–Crippen LogP) is 2.87. The van der Waals surface area contributed by atoms with Crippen LogP contribution >= 0.6 is 0 Å². The third-order valence-electron chi connectivity index (χ3n) is 3.30. The number of aromatic nitrogens is 2. The van der Waals surface area contributed by atoms with Gasteiger partial charge < -0.3 is 9.47 Å². The van der Waals surface area contributed by atoms with Crippen LogP contribution in [-0.4, -0.2) is 22.4 Å². The number of carbonyl (C=O) groups excluding carboxylic acids is 1. The van der Waals surface area contributed by atoms with Crippen molar-refractivity contribution >= 4 is 5.97 Å². The van der Waals surface area contributed by atoms with E-state index in [4.69, 9.17) is 9.47 Å². The number of hydrogen-bond acceptors (Lipinski definition) is 4. The number of aryl methyl sites for hydroxylation is 1. The van der Waals surface area contributed by atoms with Crippen molar-refractivity contribution in [2.75, 3.05) is 6.61 Å². The molecule has 0 aliphatic heterocycles. The number of benzene rings is 1. The minimum Gasteiger partial charge on any atom is -0.462 e. The number of nitrogens with zero attached hydrogens (tertiary/aromatic N) is 2. The fraction of sp³-hybridized carbons (Fsp3) is 0.375. The van der Waals surface area contributed by atoms with Gasteiger partial charge in [0.1, 0.15) is 5.56 Å². The molecule has 1 heterocycles. The molecular weight excluding hydrogens is 268 g/mol. The van der Waals surface area contributed by atoms with Gasteiger partial charge in [-0.2, -0.15) is 5.10 Å². The van der Waals surface area contributed by atoms with E-state index in [1.165, 1.54) is 6.20 Å². The number of ether oxygens (including phenoxy) is 2. The van der Waals surface area contributed by atoms with Gasteiger partial charge >= 0.3 is 5.97 Å². The average molecular weight is 288 g/mol. The van der Waals surface area contributed by atoms with Crippen LogP contribution in [0.25, 0.3) is 0 Å². The molecule has 0 radical (unpaired) electrons. The molecule has 5 heteroatoms. The second-order valence-electron chi connectivity index (χ2n) is 4.71. The van der Waals surface area contributed by atoms with E-state index in [0.717, 1.165) is 11.3 Å². The second-order valence-corrected chi connectivity index (χ2v) is 4.71. The van der Waals surface area contributed by atoms with Crippen LogP contribution < -0.4 is 0 Å². The van der Waals surface area contributed by atoms with Crippen molar-refractivity contribution < 1.29 is 14.3 Å². The van der Waals surface area contributed by atoms with Crippen LogP contribution in [-0.2, 0) is 23.1 Å². The van der Waals surface area contributed by atoms with E-state index in [-0.39, 0.29) is 12.1 Å². The zero-order valence-corrected chi connectivity index (χ0v) is 12.6. The van der Waals surface area contributed by atoms with Crippen molar-refractivity contribution in [1.29, 1.82) is 0 Å². The maximum absolute atomic E-state index is 11.9. The van der Waals surface area contributed by atoms with E-state index in [1.807, 2.05) is 37.3 Å². The van der Waals surface area contributed by atoms with Crippen molar-refractivity contribution in [3.8, 4) is 0 Å². The highest BCUT2D eigenvalue weighted by molar-refractivity contribution is 5.90. The zero-order chi connectivity index (χ0) is 15.2. The minimum atomic E-state index is -0.364. The number of hydrogen-bond donors (Lipinski definition) is 0. The van der Waals surface area contributed by atoms with Gasteiger partial charge in [-0.15, -0.1) is 0 Å². The van der Waals surface area contributed by atoms with Gasteiger partial charge in [0, 0.05) is 7.05 Å². The molecule has 0 bridgehead atoms. The topological polar surface area (TPSA) is 53.3 Å².